The quantitative estimate of drug-likeness (QED) is 0.433. The summed E-state index contributed by atoms with van der Waals surface area (Å²) in [6, 6.07) is 0.146. The minimum Gasteiger partial charge on any atom is -0.379 e. The van der Waals surface area contributed by atoms with Gasteiger partial charge in [-0.25, -0.2) is 0 Å². The van der Waals surface area contributed by atoms with Gasteiger partial charge in [-0.15, -0.1) is 0 Å². The first kappa shape index (κ1) is 7.88. The number of hydrogen-bond acceptors (Lipinski definition) is 3. The molecule has 50 valence electrons. The van der Waals surface area contributed by atoms with Crippen LogP contribution in [0.15, 0.2) is 0 Å². The summed E-state index contributed by atoms with van der Waals surface area (Å²) >= 11 is 0. The Morgan fingerprint density at radius 3 is 2.00 bits per heavy atom. The fourth-order valence-electron chi connectivity index (χ4n) is 0.434. The van der Waals surface area contributed by atoms with E-state index >= 15 is 0 Å². The van der Waals surface area contributed by atoms with Crippen LogP contribution in [0.1, 0.15) is 19.8 Å². The predicted molar refractivity (Wildman–Crippen MR) is 33.1 cm³/mol. The Hall–Kier alpha value is -0.120. The summed E-state index contributed by atoms with van der Waals surface area (Å²) in [5.41, 5.74) is 10.4. The fourth-order valence-corrected chi connectivity index (χ4v) is 0.434. The second kappa shape index (κ2) is 3.83. The topological polar surface area (TPSA) is 72.3 Å². The van der Waals surface area contributed by atoms with Crippen molar-refractivity contribution in [2.24, 2.45) is 11.5 Å². The maximum Gasteiger partial charge on any atom is 0.102 e. The van der Waals surface area contributed by atoms with Crippen molar-refractivity contribution in [3.8, 4) is 0 Å². The molecule has 0 aliphatic carbocycles. The second-order valence-corrected chi connectivity index (χ2v) is 2.12. The Labute approximate surface area is 49.7 Å². The van der Waals surface area contributed by atoms with Crippen LogP contribution in [0.2, 0.25) is 0 Å². The molecule has 0 fully saturated rings. The molecule has 0 aliphatic rings. The SMILES string of the molecule is CC(N)CCC(N)O. The van der Waals surface area contributed by atoms with E-state index in [4.69, 9.17) is 16.6 Å². The normalized spacial score (nSPS) is 18.0. The molecule has 3 nitrogen and oxygen atoms in total. The second-order valence-electron chi connectivity index (χ2n) is 2.12. The van der Waals surface area contributed by atoms with E-state index in [2.05, 4.69) is 0 Å². The summed E-state index contributed by atoms with van der Waals surface area (Å²) in [7, 11) is 0. The zero-order valence-electron chi connectivity index (χ0n) is 5.17. The van der Waals surface area contributed by atoms with Gasteiger partial charge in [0.1, 0.15) is 6.23 Å². The highest BCUT2D eigenvalue weighted by atomic mass is 16.3. The predicted octanol–water partition coefficient (Wildman–Crippen LogP) is -0.609. The molecule has 8 heavy (non-hydrogen) atoms. The molecule has 0 aromatic heterocycles. The van der Waals surface area contributed by atoms with Gasteiger partial charge >= 0.3 is 0 Å². The third-order valence-corrected chi connectivity index (χ3v) is 0.918. The van der Waals surface area contributed by atoms with Gasteiger partial charge in [-0.1, -0.05) is 0 Å². The first-order chi connectivity index (χ1) is 3.63. The lowest BCUT2D eigenvalue weighted by molar-refractivity contribution is 0.167. The molecule has 3 heteroatoms. The van der Waals surface area contributed by atoms with Crippen LogP contribution in [0.5, 0.6) is 0 Å². The summed E-state index contributed by atoms with van der Waals surface area (Å²) in [5, 5.41) is 8.52. The van der Waals surface area contributed by atoms with E-state index in [-0.39, 0.29) is 6.04 Å². The lowest BCUT2D eigenvalue weighted by Crippen LogP contribution is -2.23. The van der Waals surface area contributed by atoms with Gasteiger partial charge in [0.2, 0.25) is 0 Å². The van der Waals surface area contributed by atoms with E-state index in [0.29, 0.717) is 6.42 Å². The molecule has 2 unspecified atom stereocenters. The molecule has 0 aliphatic heterocycles. The molecule has 0 aromatic carbocycles. The Morgan fingerprint density at radius 2 is 1.88 bits per heavy atom. The third-order valence-electron chi connectivity index (χ3n) is 0.918. The largest absolute Gasteiger partial charge is 0.379 e. The van der Waals surface area contributed by atoms with Crippen LogP contribution in [0.4, 0.5) is 0 Å². The van der Waals surface area contributed by atoms with Gasteiger partial charge in [0.05, 0.1) is 0 Å². The average Bonchev–Trinajstić information content (AvgIpc) is 1.61. The van der Waals surface area contributed by atoms with Crippen LogP contribution in [0.3, 0.4) is 0 Å². The Balaban J connectivity index is 2.93. The molecule has 0 rings (SSSR count). The van der Waals surface area contributed by atoms with Gasteiger partial charge < -0.3 is 16.6 Å². The number of nitrogens with two attached hydrogens (primary N) is 2. The number of aliphatic hydroxyl groups is 1. The molecule has 5 N–H and O–H groups in total. The highest BCUT2D eigenvalue weighted by Gasteiger charge is 1.97. The van der Waals surface area contributed by atoms with Crippen LogP contribution < -0.4 is 11.5 Å². The Kier molecular flexibility index (Phi) is 3.77. The lowest BCUT2D eigenvalue weighted by Gasteiger charge is -2.05. The van der Waals surface area contributed by atoms with Crippen LogP contribution in [-0.2, 0) is 0 Å². The van der Waals surface area contributed by atoms with E-state index in [1.165, 1.54) is 0 Å². The van der Waals surface area contributed by atoms with Gasteiger partial charge in [0, 0.05) is 6.04 Å². The number of hydrogen-bond donors (Lipinski definition) is 3. The zero-order valence-corrected chi connectivity index (χ0v) is 5.17. The van der Waals surface area contributed by atoms with Crippen LogP contribution in [-0.4, -0.2) is 17.4 Å². The summed E-state index contributed by atoms with van der Waals surface area (Å²) in [5.74, 6) is 0. The highest BCUT2D eigenvalue weighted by molar-refractivity contribution is 4.54. The van der Waals surface area contributed by atoms with Crippen LogP contribution >= 0.6 is 0 Å². The van der Waals surface area contributed by atoms with Crippen LogP contribution in [0.25, 0.3) is 0 Å². The van der Waals surface area contributed by atoms with Crippen molar-refractivity contribution in [1.29, 1.82) is 0 Å². The highest BCUT2D eigenvalue weighted by Crippen LogP contribution is 1.93. The van der Waals surface area contributed by atoms with Gasteiger partial charge in [0.15, 0.2) is 0 Å². The molecule has 0 saturated heterocycles. The average molecular weight is 118 g/mol. The first-order valence-corrected chi connectivity index (χ1v) is 2.82. The van der Waals surface area contributed by atoms with Crippen molar-refractivity contribution >= 4 is 0 Å². The van der Waals surface area contributed by atoms with E-state index in [1.54, 1.807) is 0 Å². The smallest absolute Gasteiger partial charge is 0.102 e. The molecule has 0 radical (unpaired) electrons. The molecule has 2 atom stereocenters. The van der Waals surface area contributed by atoms with Gasteiger partial charge in [-0.2, -0.15) is 0 Å². The standard InChI is InChI=1S/C5H14N2O/c1-4(6)2-3-5(7)8/h4-5,8H,2-3,6-7H2,1H3. The first-order valence-electron chi connectivity index (χ1n) is 2.82. The monoisotopic (exact) mass is 118 g/mol. The zero-order chi connectivity index (χ0) is 6.57. The maximum absolute atomic E-state index is 8.52. The molecule has 0 amide bonds. The van der Waals surface area contributed by atoms with Gasteiger partial charge in [-0.05, 0) is 19.8 Å². The number of aliphatic hydroxyl groups excluding tert-OH is 1. The van der Waals surface area contributed by atoms with E-state index in [0.717, 1.165) is 6.42 Å². The van der Waals surface area contributed by atoms with Crippen molar-refractivity contribution in [3.05, 3.63) is 0 Å². The van der Waals surface area contributed by atoms with E-state index < -0.39 is 6.23 Å². The molecule has 0 bridgehead atoms. The fraction of sp³-hybridized carbons (Fsp3) is 1.00. The molecular formula is C5H14N2O. The van der Waals surface area contributed by atoms with Crippen LogP contribution in [0, 0.1) is 0 Å². The Bertz CT molecular complexity index is 46.4. The third kappa shape index (κ3) is 5.88. The summed E-state index contributed by atoms with van der Waals surface area (Å²) in [4.78, 5) is 0. The molecule has 0 spiro atoms. The van der Waals surface area contributed by atoms with Gasteiger partial charge in [0.25, 0.3) is 0 Å². The Morgan fingerprint density at radius 1 is 1.38 bits per heavy atom. The molecule has 0 aromatic rings. The van der Waals surface area contributed by atoms with Crippen molar-refractivity contribution in [3.63, 3.8) is 0 Å². The van der Waals surface area contributed by atoms with Crippen molar-refractivity contribution in [2.75, 3.05) is 0 Å². The maximum atomic E-state index is 8.52. The van der Waals surface area contributed by atoms with Crippen molar-refractivity contribution < 1.29 is 5.11 Å². The molecule has 0 saturated carbocycles. The lowest BCUT2D eigenvalue weighted by atomic mass is 10.2. The van der Waals surface area contributed by atoms with E-state index in [1.807, 2.05) is 6.92 Å². The van der Waals surface area contributed by atoms with Crippen molar-refractivity contribution in [1.82, 2.24) is 0 Å². The van der Waals surface area contributed by atoms with Crippen molar-refractivity contribution in [2.45, 2.75) is 32.0 Å². The summed E-state index contributed by atoms with van der Waals surface area (Å²) < 4.78 is 0. The summed E-state index contributed by atoms with van der Waals surface area (Å²) in [6.07, 6.45) is 0.691. The molecular weight excluding hydrogens is 104 g/mol. The molecule has 0 heterocycles. The minimum atomic E-state index is -0.694. The summed E-state index contributed by atoms with van der Waals surface area (Å²) in [6.45, 7) is 1.89. The minimum absolute atomic E-state index is 0.146. The van der Waals surface area contributed by atoms with E-state index in [9.17, 15) is 0 Å². The number of rotatable bonds is 3. The van der Waals surface area contributed by atoms with Gasteiger partial charge in [-0.3, -0.25) is 0 Å².